The van der Waals surface area contributed by atoms with Gasteiger partial charge in [0.25, 0.3) is 11.8 Å². The maximum atomic E-state index is 11.9. The van der Waals surface area contributed by atoms with Crippen LogP contribution in [0.2, 0.25) is 10.0 Å². The van der Waals surface area contributed by atoms with Crippen molar-refractivity contribution in [3.8, 4) is 0 Å². The van der Waals surface area contributed by atoms with Crippen LogP contribution in [-0.4, -0.2) is 50.9 Å². The number of likely N-dealkylation sites (N-methyl/N-ethyl adjacent to an activating group) is 2. The van der Waals surface area contributed by atoms with E-state index in [1.165, 1.54) is 4.90 Å². The summed E-state index contributed by atoms with van der Waals surface area (Å²) in [5, 5.41) is 3.43. The number of carbonyl (C=O) groups excluding carboxylic acids is 2. The first-order chi connectivity index (χ1) is 9.31. The number of halogens is 2. The van der Waals surface area contributed by atoms with Crippen molar-refractivity contribution >= 4 is 40.7 Å². The van der Waals surface area contributed by atoms with E-state index >= 15 is 0 Å². The maximum absolute atomic E-state index is 11.9. The summed E-state index contributed by atoms with van der Waals surface area (Å²) in [6.45, 7) is 0.401. The Morgan fingerprint density at radius 1 is 1.20 bits per heavy atom. The van der Waals surface area contributed by atoms with E-state index in [1.54, 1.807) is 39.3 Å². The zero-order valence-corrected chi connectivity index (χ0v) is 13.2. The smallest absolute Gasteiger partial charge is 0.279 e. The van der Waals surface area contributed by atoms with Gasteiger partial charge in [-0.15, -0.1) is 0 Å². The zero-order chi connectivity index (χ0) is 15.3. The van der Waals surface area contributed by atoms with Crippen LogP contribution < -0.4 is 10.2 Å². The number of nitrogens with one attached hydrogen (secondary N) is 2. The lowest BCUT2D eigenvalue weighted by Crippen LogP contribution is -3.11. The summed E-state index contributed by atoms with van der Waals surface area (Å²) in [7, 11) is 5.13. The third kappa shape index (κ3) is 5.00. The Hall–Kier alpha value is -1.30. The fourth-order valence-electron chi connectivity index (χ4n) is 1.55. The largest absolute Gasteiger partial charge is 0.344 e. The third-order valence-corrected chi connectivity index (χ3v) is 3.27. The van der Waals surface area contributed by atoms with E-state index in [9.17, 15) is 9.59 Å². The van der Waals surface area contributed by atoms with Crippen LogP contribution in [0.5, 0.6) is 0 Å². The fourth-order valence-corrected chi connectivity index (χ4v) is 2.05. The topological polar surface area (TPSA) is 53.9 Å². The molecule has 7 heteroatoms. The van der Waals surface area contributed by atoms with Crippen LogP contribution in [0.3, 0.4) is 0 Å². The molecule has 0 fully saturated rings. The second-order valence-corrected chi connectivity index (χ2v) is 5.56. The summed E-state index contributed by atoms with van der Waals surface area (Å²) in [4.78, 5) is 25.7. The highest BCUT2D eigenvalue weighted by Gasteiger charge is 2.17. The van der Waals surface area contributed by atoms with Crippen LogP contribution in [0.15, 0.2) is 18.2 Å². The van der Waals surface area contributed by atoms with E-state index in [0.29, 0.717) is 15.7 Å². The van der Waals surface area contributed by atoms with Crippen molar-refractivity contribution < 1.29 is 14.5 Å². The molecule has 0 spiro atoms. The van der Waals surface area contributed by atoms with Crippen molar-refractivity contribution in [3.05, 3.63) is 28.2 Å². The lowest BCUT2D eigenvalue weighted by atomic mass is 10.3. The van der Waals surface area contributed by atoms with E-state index in [2.05, 4.69) is 5.32 Å². The summed E-state index contributed by atoms with van der Waals surface area (Å²) in [5.74, 6) is -0.282. The number of hydrogen-bond donors (Lipinski definition) is 2. The molecule has 0 aromatic heterocycles. The standard InChI is InChI=1S/C13H17Cl2N3O2/c1-17(2)12(20)8-18(3)7-11(19)16-13-9(14)5-4-6-10(13)15/h4-6H,7-8H2,1-3H3,(H,16,19)/p+1. The minimum atomic E-state index is -0.246. The van der Waals surface area contributed by atoms with Crippen molar-refractivity contribution in [1.29, 1.82) is 0 Å². The highest BCUT2D eigenvalue weighted by molar-refractivity contribution is 6.39. The van der Waals surface area contributed by atoms with Crippen molar-refractivity contribution in [1.82, 2.24) is 4.90 Å². The third-order valence-electron chi connectivity index (χ3n) is 2.64. The Kier molecular flexibility index (Phi) is 6.26. The van der Waals surface area contributed by atoms with E-state index in [4.69, 9.17) is 23.2 Å². The van der Waals surface area contributed by atoms with Gasteiger partial charge < -0.3 is 15.1 Å². The number of benzene rings is 1. The zero-order valence-electron chi connectivity index (χ0n) is 11.7. The molecule has 110 valence electrons. The number of rotatable bonds is 5. The molecule has 0 saturated heterocycles. The molecular weight excluding hydrogens is 301 g/mol. The van der Waals surface area contributed by atoms with Crippen LogP contribution in [-0.2, 0) is 9.59 Å². The first kappa shape index (κ1) is 16.8. The summed E-state index contributed by atoms with van der Waals surface area (Å²) in [6, 6.07) is 5.00. The van der Waals surface area contributed by atoms with Gasteiger partial charge in [0.15, 0.2) is 13.1 Å². The summed E-state index contributed by atoms with van der Waals surface area (Å²) >= 11 is 11.9. The first-order valence-corrected chi connectivity index (χ1v) is 6.82. The highest BCUT2D eigenvalue weighted by Crippen LogP contribution is 2.29. The number of nitrogens with zero attached hydrogens (tertiary/aromatic N) is 1. The Morgan fingerprint density at radius 2 is 1.75 bits per heavy atom. The Labute approximate surface area is 128 Å². The van der Waals surface area contributed by atoms with Crippen molar-refractivity contribution in [2.75, 3.05) is 39.5 Å². The lowest BCUT2D eigenvalue weighted by Gasteiger charge is -2.16. The molecule has 1 unspecified atom stereocenters. The van der Waals surface area contributed by atoms with Gasteiger partial charge in [0.2, 0.25) is 0 Å². The van der Waals surface area contributed by atoms with Gasteiger partial charge in [-0.25, -0.2) is 0 Å². The average Bonchev–Trinajstić information content (AvgIpc) is 2.33. The molecule has 0 radical (unpaired) electrons. The Morgan fingerprint density at radius 3 is 2.25 bits per heavy atom. The molecule has 0 saturated carbocycles. The molecule has 0 heterocycles. The molecule has 0 aliphatic rings. The van der Waals surface area contributed by atoms with E-state index in [1.807, 2.05) is 0 Å². The molecule has 20 heavy (non-hydrogen) atoms. The predicted molar refractivity (Wildman–Crippen MR) is 80.4 cm³/mol. The number of para-hydroxylation sites is 1. The number of hydrogen-bond acceptors (Lipinski definition) is 2. The van der Waals surface area contributed by atoms with Crippen LogP contribution in [0.1, 0.15) is 0 Å². The number of carbonyl (C=O) groups is 2. The first-order valence-electron chi connectivity index (χ1n) is 6.06. The fraction of sp³-hybridized carbons (Fsp3) is 0.385. The predicted octanol–water partition coefficient (Wildman–Crippen LogP) is 0.535. The summed E-state index contributed by atoms with van der Waals surface area (Å²) < 4.78 is 0. The van der Waals surface area contributed by atoms with Crippen LogP contribution in [0.4, 0.5) is 5.69 Å². The molecule has 5 nitrogen and oxygen atoms in total. The van der Waals surface area contributed by atoms with Gasteiger partial charge in [-0.3, -0.25) is 9.59 Å². The minimum Gasteiger partial charge on any atom is -0.344 e. The molecule has 1 aromatic rings. The second-order valence-electron chi connectivity index (χ2n) is 4.74. The highest BCUT2D eigenvalue weighted by atomic mass is 35.5. The quantitative estimate of drug-likeness (QED) is 0.832. The van der Waals surface area contributed by atoms with Crippen molar-refractivity contribution in [3.63, 3.8) is 0 Å². The van der Waals surface area contributed by atoms with E-state index in [0.717, 1.165) is 4.90 Å². The van der Waals surface area contributed by atoms with Crippen molar-refractivity contribution in [2.24, 2.45) is 0 Å². The maximum Gasteiger partial charge on any atom is 0.279 e. The molecular formula is C13H18Cl2N3O2+. The van der Waals surface area contributed by atoms with Crippen LogP contribution >= 0.6 is 23.2 Å². The van der Waals surface area contributed by atoms with Gasteiger partial charge in [0, 0.05) is 14.1 Å². The molecule has 1 atom stereocenters. The average molecular weight is 319 g/mol. The monoisotopic (exact) mass is 318 g/mol. The number of quaternary nitrogens is 1. The number of anilines is 1. The molecule has 2 amide bonds. The van der Waals surface area contributed by atoms with Crippen molar-refractivity contribution in [2.45, 2.75) is 0 Å². The van der Waals surface area contributed by atoms with Gasteiger partial charge in [0.05, 0.1) is 22.8 Å². The number of amides is 2. The van der Waals surface area contributed by atoms with Crippen LogP contribution in [0, 0.1) is 0 Å². The second kappa shape index (κ2) is 7.47. The van der Waals surface area contributed by atoms with Gasteiger partial charge in [-0.1, -0.05) is 29.3 Å². The van der Waals surface area contributed by atoms with E-state index < -0.39 is 0 Å². The molecule has 1 rings (SSSR count). The lowest BCUT2D eigenvalue weighted by molar-refractivity contribution is -0.862. The molecule has 0 aliphatic carbocycles. The normalized spacial score (nSPS) is 11.8. The SMILES string of the molecule is CN(C)C(=O)C[NH+](C)CC(=O)Nc1c(Cl)cccc1Cl. The molecule has 0 aliphatic heterocycles. The van der Waals surface area contributed by atoms with E-state index in [-0.39, 0.29) is 24.9 Å². The Balaban J connectivity index is 2.58. The van der Waals surface area contributed by atoms with Gasteiger partial charge in [-0.2, -0.15) is 0 Å². The van der Waals surface area contributed by atoms with Gasteiger partial charge in [0.1, 0.15) is 0 Å². The van der Waals surface area contributed by atoms with Gasteiger partial charge >= 0.3 is 0 Å². The molecule has 2 N–H and O–H groups in total. The van der Waals surface area contributed by atoms with Gasteiger partial charge in [-0.05, 0) is 12.1 Å². The summed E-state index contributed by atoms with van der Waals surface area (Å²) in [5.41, 5.74) is 0.396. The minimum absolute atomic E-state index is 0.0360. The summed E-state index contributed by atoms with van der Waals surface area (Å²) in [6.07, 6.45) is 0. The van der Waals surface area contributed by atoms with Crippen LogP contribution in [0.25, 0.3) is 0 Å². The molecule has 0 bridgehead atoms. The Bertz CT molecular complexity index is 486. The molecule has 1 aromatic carbocycles.